The van der Waals surface area contributed by atoms with Gasteiger partial charge in [-0.25, -0.2) is 4.39 Å². The molecule has 1 heterocycles. The molecule has 0 saturated carbocycles. The van der Waals surface area contributed by atoms with Gasteiger partial charge in [-0.15, -0.1) is 0 Å². The van der Waals surface area contributed by atoms with Crippen molar-refractivity contribution in [3.8, 4) is 0 Å². The number of benzene rings is 1. The van der Waals surface area contributed by atoms with E-state index in [-0.39, 0.29) is 11.4 Å². The number of H-pyrrole nitrogens is 1. The zero-order chi connectivity index (χ0) is 9.42. The maximum absolute atomic E-state index is 12.9. The van der Waals surface area contributed by atoms with E-state index in [0.717, 1.165) is 10.9 Å². The minimum Gasteiger partial charge on any atom is -0.322 e. The van der Waals surface area contributed by atoms with E-state index in [9.17, 15) is 9.18 Å². The maximum atomic E-state index is 12.9. The molecule has 0 unspecified atom stereocenters. The van der Waals surface area contributed by atoms with E-state index in [1.807, 2.05) is 6.92 Å². The van der Waals surface area contributed by atoms with Gasteiger partial charge in [-0.1, -0.05) is 0 Å². The summed E-state index contributed by atoms with van der Waals surface area (Å²) >= 11 is 0. The molecule has 1 N–H and O–H groups in total. The number of hydrogen-bond acceptors (Lipinski definition) is 1. The lowest BCUT2D eigenvalue weighted by Gasteiger charge is -2.00. The standard InChI is InChI=1S/C10H8FNO/c1-6-4-7(11)5-9-8(6)2-3-10(13)12-9/h2-5H,1H3,(H,12,13). The van der Waals surface area contributed by atoms with Gasteiger partial charge in [0, 0.05) is 11.5 Å². The molecule has 2 nitrogen and oxygen atoms in total. The first kappa shape index (κ1) is 7.98. The number of hydrogen-bond donors (Lipinski definition) is 1. The van der Waals surface area contributed by atoms with E-state index in [2.05, 4.69) is 4.98 Å². The van der Waals surface area contributed by atoms with Crippen LogP contribution in [0.5, 0.6) is 0 Å². The Kier molecular flexibility index (Phi) is 1.65. The molecule has 66 valence electrons. The van der Waals surface area contributed by atoms with Gasteiger partial charge in [0.15, 0.2) is 0 Å². The van der Waals surface area contributed by atoms with E-state index < -0.39 is 0 Å². The summed E-state index contributed by atoms with van der Waals surface area (Å²) in [6, 6.07) is 5.90. The molecule has 0 radical (unpaired) electrons. The van der Waals surface area contributed by atoms with Crippen molar-refractivity contribution in [2.75, 3.05) is 0 Å². The molecular formula is C10H8FNO. The molecule has 0 aliphatic rings. The van der Waals surface area contributed by atoms with Crippen LogP contribution in [0.4, 0.5) is 4.39 Å². The SMILES string of the molecule is Cc1cc(F)cc2[nH]c(=O)ccc12. The zero-order valence-corrected chi connectivity index (χ0v) is 7.10. The summed E-state index contributed by atoms with van der Waals surface area (Å²) in [5, 5.41) is 0.876. The average Bonchev–Trinajstić information content (AvgIpc) is 2.02. The van der Waals surface area contributed by atoms with Gasteiger partial charge in [0.1, 0.15) is 5.82 Å². The highest BCUT2D eigenvalue weighted by Gasteiger charge is 2.00. The minimum atomic E-state index is -0.327. The summed E-state index contributed by atoms with van der Waals surface area (Å²) in [5.74, 6) is -0.327. The van der Waals surface area contributed by atoms with Gasteiger partial charge >= 0.3 is 0 Å². The fraction of sp³-hybridized carbons (Fsp3) is 0.100. The van der Waals surface area contributed by atoms with Crippen molar-refractivity contribution in [3.63, 3.8) is 0 Å². The van der Waals surface area contributed by atoms with Crippen LogP contribution >= 0.6 is 0 Å². The fourth-order valence-corrected chi connectivity index (χ4v) is 1.41. The van der Waals surface area contributed by atoms with Crippen molar-refractivity contribution in [3.05, 3.63) is 46.0 Å². The van der Waals surface area contributed by atoms with Crippen molar-refractivity contribution in [1.82, 2.24) is 4.98 Å². The normalized spacial score (nSPS) is 10.6. The highest BCUT2D eigenvalue weighted by molar-refractivity contribution is 5.81. The summed E-state index contributed by atoms with van der Waals surface area (Å²) in [6.07, 6.45) is 0. The Balaban J connectivity index is 2.94. The molecule has 13 heavy (non-hydrogen) atoms. The Hall–Kier alpha value is -1.64. The number of halogens is 1. The summed E-state index contributed by atoms with van der Waals surface area (Å²) < 4.78 is 12.9. The number of fused-ring (bicyclic) bond motifs is 1. The molecule has 0 aliphatic carbocycles. The third kappa shape index (κ3) is 1.33. The first-order valence-corrected chi connectivity index (χ1v) is 3.96. The lowest BCUT2D eigenvalue weighted by molar-refractivity contribution is 0.628. The van der Waals surface area contributed by atoms with Crippen LogP contribution in [0.15, 0.2) is 29.1 Å². The second-order valence-electron chi connectivity index (χ2n) is 3.01. The van der Waals surface area contributed by atoms with Crippen LogP contribution in [-0.2, 0) is 0 Å². The fourth-order valence-electron chi connectivity index (χ4n) is 1.41. The van der Waals surface area contributed by atoms with Crippen molar-refractivity contribution in [1.29, 1.82) is 0 Å². The molecule has 0 saturated heterocycles. The van der Waals surface area contributed by atoms with Gasteiger partial charge in [-0.05, 0) is 30.7 Å². The monoisotopic (exact) mass is 177 g/mol. The van der Waals surface area contributed by atoms with Gasteiger partial charge < -0.3 is 4.98 Å². The number of nitrogens with one attached hydrogen (secondary N) is 1. The van der Waals surface area contributed by atoms with Crippen molar-refractivity contribution < 1.29 is 4.39 Å². The molecule has 0 spiro atoms. The van der Waals surface area contributed by atoms with Crippen LogP contribution in [0.3, 0.4) is 0 Å². The second-order valence-corrected chi connectivity index (χ2v) is 3.01. The Labute approximate surface area is 74.0 Å². The number of aromatic nitrogens is 1. The van der Waals surface area contributed by atoms with Crippen LogP contribution in [0.25, 0.3) is 10.9 Å². The second kappa shape index (κ2) is 2.69. The van der Waals surface area contributed by atoms with E-state index >= 15 is 0 Å². The highest BCUT2D eigenvalue weighted by Crippen LogP contribution is 2.16. The Bertz CT molecular complexity index is 516. The zero-order valence-electron chi connectivity index (χ0n) is 7.10. The molecule has 0 bridgehead atoms. The summed E-state index contributed by atoms with van der Waals surface area (Å²) in [5.41, 5.74) is 1.16. The van der Waals surface area contributed by atoms with Crippen LogP contribution in [0, 0.1) is 12.7 Å². The molecule has 0 aliphatic heterocycles. The van der Waals surface area contributed by atoms with E-state index in [1.54, 1.807) is 6.07 Å². The molecule has 1 aromatic carbocycles. The van der Waals surface area contributed by atoms with Crippen molar-refractivity contribution in [2.45, 2.75) is 6.92 Å². The number of pyridine rings is 1. The lowest BCUT2D eigenvalue weighted by atomic mass is 10.1. The van der Waals surface area contributed by atoms with Gasteiger partial charge in [-0.2, -0.15) is 0 Å². The molecule has 0 amide bonds. The van der Waals surface area contributed by atoms with E-state index in [0.29, 0.717) is 5.52 Å². The van der Waals surface area contributed by atoms with E-state index in [1.165, 1.54) is 18.2 Å². The molecule has 0 atom stereocenters. The maximum Gasteiger partial charge on any atom is 0.248 e. The number of aromatic amines is 1. The van der Waals surface area contributed by atoms with E-state index in [4.69, 9.17) is 0 Å². The third-order valence-corrected chi connectivity index (χ3v) is 2.01. The van der Waals surface area contributed by atoms with Crippen molar-refractivity contribution in [2.24, 2.45) is 0 Å². The summed E-state index contributed by atoms with van der Waals surface area (Å²) in [4.78, 5) is 13.5. The molecule has 0 fully saturated rings. The van der Waals surface area contributed by atoms with Crippen LogP contribution in [0.2, 0.25) is 0 Å². The summed E-state index contributed by atoms with van der Waals surface area (Å²) in [6.45, 7) is 1.81. The Morgan fingerprint density at radius 3 is 2.85 bits per heavy atom. The largest absolute Gasteiger partial charge is 0.322 e. The van der Waals surface area contributed by atoms with Crippen LogP contribution in [0.1, 0.15) is 5.56 Å². The first-order valence-electron chi connectivity index (χ1n) is 3.96. The Morgan fingerprint density at radius 1 is 1.31 bits per heavy atom. The predicted molar refractivity (Wildman–Crippen MR) is 49.3 cm³/mol. The number of aryl methyl sites for hydroxylation is 1. The van der Waals surface area contributed by atoms with Crippen LogP contribution in [-0.4, -0.2) is 4.98 Å². The highest BCUT2D eigenvalue weighted by atomic mass is 19.1. The predicted octanol–water partition coefficient (Wildman–Crippen LogP) is 1.98. The molecular weight excluding hydrogens is 169 g/mol. The minimum absolute atomic E-state index is 0.211. The lowest BCUT2D eigenvalue weighted by Crippen LogP contribution is -2.03. The molecule has 2 aromatic rings. The topological polar surface area (TPSA) is 32.9 Å². The first-order chi connectivity index (χ1) is 6.16. The van der Waals surface area contributed by atoms with Gasteiger partial charge in [0.25, 0.3) is 0 Å². The van der Waals surface area contributed by atoms with Crippen molar-refractivity contribution >= 4 is 10.9 Å². The molecule has 2 rings (SSSR count). The Morgan fingerprint density at radius 2 is 2.08 bits per heavy atom. The average molecular weight is 177 g/mol. The number of rotatable bonds is 0. The molecule has 1 aromatic heterocycles. The van der Waals surface area contributed by atoms with Crippen LogP contribution < -0.4 is 5.56 Å². The van der Waals surface area contributed by atoms with Gasteiger partial charge in [0.2, 0.25) is 5.56 Å². The van der Waals surface area contributed by atoms with Gasteiger partial charge in [-0.3, -0.25) is 4.79 Å². The van der Waals surface area contributed by atoms with Gasteiger partial charge in [0.05, 0.1) is 5.52 Å². The molecule has 3 heteroatoms. The third-order valence-electron chi connectivity index (χ3n) is 2.01. The quantitative estimate of drug-likeness (QED) is 0.655. The smallest absolute Gasteiger partial charge is 0.248 e. The summed E-state index contributed by atoms with van der Waals surface area (Å²) in [7, 11) is 0.